The summed E-state index contributed by atoms with van der Waals surface area (Å²) < 4.78 is 8.15. The Hall–Kier alpha value is -3.39. The van der Waals surface area contributed by atoms with E-state index in [1.54, 1.807) is 12.3 Å². The van der Waals surface area contributed by atoms with Crippen molar-refractivity contribution in [2.75, 3.05) is 19.7 Å². The van der Waals surface area contributed by atoms with Gasteiger partial charge in [-0.1, -0.05) is 0 Å². The molecule has 0 spiro atoms. The number of benzene rings is 1. The van der Waals surface area contributed by atoms with Crippen molar-refractivity contribution in [1.82, 2.24) is 25.1 Å². The van der Waals surface area contributed by atoms with E-state index >= 15 is 0 Å². The third kappa shape index (κ3) is 3.29. The Morgan fingerprint density at radius 1 is 1.30 bits per heavy atom. The number of nitrogens with one attached hydrogen (secondary N) is 2. The Balaban J connectivity index is 1.57. The molecule has 8 heteroatoms. The molecule has 1 saturated heterocycles. The fourth-order valence-electron chi connectivity index (χ4n) is 4.22. The van der Waals surface area contributed by atoms with Crippen LogP contribution in [0.4, 0.5) is 0 Å². The van der Waals surface area contributed by atoms with E-state index in [4.69, 9.17) is 4.74 Å². The van der Waals surface area contributed by atoms with Gasteiger partial charge in [-0.25, -0.2) is 9.78 Å². The van der Waals surface area contributed by atoms with Gasteiger partial charge in [0.15, 0.2) is 11.3 Å². The van der Waals surface area contributed by atoms with Crippen LogP contribution in [0, 0.1) is 5.92 Å². The number of rotatable bonds is 5. The van der Waals surface area contributed by atoms with E-state index in [1.165, 1.54) is 12.8 Å². The molecule has 1 aliphatic heterocycles. The van der Waals surface area contributed by atoms with Gasteiger partial charge < -0.3 is 19.7 Å². The molecule has 1 unspecified atom stereocenters. The first kappa shape index (κ1) is 18.6. The lowest BCUT2D eigenvalue weighted by molar-refractivity contribution is 0.0691. The normalized spacial score (nSPS) is 16.9. The summed E-state index contributed by atoms with van der Waals surface area (Å²) in [5.41, 5.74) is 3.19. The number of nitrogens with zero attached hydrogens (tertiary/aromatic N) is 3. The molecule has 0 amide bonds. The predicted molar refractivity (Wildman–Crippen MR) is 114 cm³/mol. The molecule has 5 rings (SSSR count). The van der Waals surface area contributed by atoms with Crippen LogP contribution < -0.4 is 10.1 Å². The molecule has 1 aromatic carbocycles. The third-order valence-corrected chi connectivity index (χ3v) is 5.78. The summed E-state index contributed by atoms with van der Waals surface area (Å²) >= 11 is 0. The molecular formula is C22H23N5O3. The highest BCUT2D eigenvalue weighted by Crippen LogP contribution is 2.36. The molecule has 30 heavy (non-hydrogen) atoms. The van der Waals surface area contributed by atoms with Crippen LogP contribution in [0.1, 0.15) is 23.3 Å². The van der Waals surface area contributed by atoms with Crippen LogP contribution in [0.3, 0.4) is 0 Å². The first-order valence-corrected chi connectivity index (χ1v) is 10.1. The molecule has 4 aromatic rings. The largest absolute Gasteiger partial charge is 0.493 e. The number of aromatic amines is 1. The quantitative estimate of drug-likeness (QED) is 0.471. The number of carboxylic acids is 1. The van der Waals surface area contributed by atoms with E-state index in [-0.39, 0.29) is 5.69 Å². The first-order valence-electron chi connectivity index (χ1n) is 10.1. The van der Waals surface area contributed by atoms with E-state index in [9.17, 15) is 9.90 Å². The second kappa shape index (κ2) is 7.46. The highest BCUT2D eigenvalue weighted by Gasteiger charge is 2.18. The van der Waals surface area contributed by atoms with E-state index in [0.29, 0.717) is 18.2 Å². The third-order valence-electron chi connectivity index (χ3n) is 5.78. The van der Waals surface area contributed by atoms with E-state index < -0.39 is 5.97 Å². The number of carbonyl (C=O) groups is 1. The van der Waals surface area contributed by atoms with E-state index in [0.717, 1.165) is 46.3 Å². The monoisotopic (exact) mass is 405 g/mol. The van der Waals surface area contributed by atoms with Crippen molar-refractivity contribution in [2.45, 2.75) is 12.8 Å². The molecule has 8 nitrogen and oxygen atoms in total. The van der Waals surface area contributed by atoms with Crippen molar-refractivity contribution in [3.05, 3.63) is 42.4 Å². The van der Waals surface area contributed by atoms with Crippen molar-refractivity contribution in [3.8, 4) is 16.9 Å². The van der Waals surface area contributed by atoms with Gasteiger partial charge in [-0.3, -0.25) is 5.10 Å². The SMILES string of the molecule is Cn1cc(-c2cc(C(=O)O)nc3[nH]ncc23)c2cc(OCC3CCCNC3)ccc21. The Kier molecular flexibility index (Phi) is 4.63. The molecule has 0 aliphatic carbocycles. The summed E-state index contributed by atoms with van der Waals surface area (Å²) in [4.78, 5) is 15.7. The van der Waals surface area contributed by atoms with Gasteiger partial charge in [0.05, 0.1) is 12.8 Å². The van der Waals surface area contributed by atoms with Gasteiger partial charge in [0, 0.05) is 47.6 Å². The summed E-state index contributed by atoms with van der Waals surface area (Å²) in [6.45, 7) is 2.76. The van der Waals surface area contributed by atoms with Crippen LogP contribution in [0.25, 0.3) is 33.1 Å². The molecule has 1 fully saturated rings. The highest BCUT2D eigenvalue weighted by atomic mass is 16.5. The number of hydrogen-bond donors (Lipinski definition) is 3. The zero-order chi connectivity index (χ0) is 20.7. The van der Waals surface area contributed by atoms with Gasteiger partial charge in [-0.15, -0.1) is 0 Å². The maximum absolute atomic E-state index is 11.6. The van der Waals surface area contributed by atoms with Gasteiger partial charge in [0.25, 0.3) is 0 Å². The predicted octanol–water partition coefficient (Wildman–Crippen LogP) is 3.19. The van der Waals surface area contributed by atoms with Gasteiger partial charge in [0.1, 0.15) is 5.75 Å². The average molecular weight is 405 g/mol. The van der Waals surface area contributed by atoms with Crippen LogP contribution in [0.5, 0.6) is 5.75 Å². The summed E-state index contributed by atoms with van der Waals surface area (Å²) in [6, 6.07) is 7.67. The minimum Gasteiger partial charge on any atom is -0.493 e. The summed E-state index contributed by atoms with van der Waals surface area (Å²) in [5, 5.41) is 21.5. The first-order chi connectivity index (χ1) is 14.6. The highest BCUT2D eigenvalue weighted by molar-refractivity contribution is 6.05. The minimum atomic E-state index is -1.07. The van der Waals surface area contributed by atoms with Gasteiger partial charge in [-0.05, 0) is 49.2 Å². The molecule has 1 aliphatic rings. The topological polar surface area (TPSA) is 105 Å². The number of piperidine rings is 1. The number of aromatic nitrogens is 4. The molecule has 0 radical (unpaired) electrons. The number of ether oxygens (including phenoxy) is 1. The summed E-state index contributed by atoms with van der Waals surface area (Å²) in [6.07, 6.45) is 6.05. The van der Waals surface area contributed by atoms with E-state index in [1.807, 2.05) is 36.0 Å². The molecule has 1 atom stereocenters. The number of hydrogen-bond acceptors (Lipinski definition) is 5. The molecule has 0 bridgehead atoms. The molecule has 0 saturated carbocycles. The Morgan fingerprint density at radius 2 is 2.20 bits per heavy atom. The van der Waals surface area contributed by atoms with Crippen molar-refractivity contribution in [1.29, 1.82) is 0 Å². The summed E-state index contributed by atoms with van der Waals surface area (Å²) in [7, 11) is 1.98. The zero-order valence-corrected chi connectivity index (χ0v) is 16.7. The smallest absolute Gasteiger partial charge is 0.354 e. The van der Waals surface area contributed by atoms with Crippen molar-refractivity contribution >= 4 is 27.9 Å². The van der Waals surface area contributed by atoms with Crippen molar-refractivity contribution in [2.24, 2.45) is 13.0 Å². The summed E-state index contributed by atoms with van der Waals surface area (Å²) in [5.74, 6) is 0.267. The van der Waals surface area contributed by atoms with Gasteiger partial charge >= 0.3 is 5.97 Å². The van der Waals surface area contributed by atoms with Crippen molar-refractivity contribution < 1.29 is 14.6 Å². The molecule has 3 aromatic heterocycles. The molecular weight excluding hydrogens is 382 g/mol. The Bertz CT molecular complexity index is 1240. The van der Waals surface area contributed by atoms with E-state index in [2.05, 4.69) is 20.5 Å². The van der Waals surface area contributed by atoms with Gasteiger partial charge in [0.2, 0.25) is 0 Å². The molecule has 3 N–H and O–H groups in total. The lowest BCUT2D eigenvalue weighted by atomic mass is 10.0. The second-order valence-corrected chi connectivity index (χ2v) is 7.85. The molecule has 154 valence electrons. The minimum absolute atomic E-state index is 0.0176. The van der Waals surface area contributed by atoms with Crippen LogP contribution in [0.15, 0.2) is 36.7 Å². The molecule has 4 heterocycles. The standard InChI is InChI=1S/C22H23N5O3/c1-27-11-18(15-8-19(22(28)29)25-21-17(15)10-24-26-21)16-7-14(4-5-20(16)27)30-12-13-3-2-6-23-9-13/h4-5,7-8,10-11,13,23H,2-3,6,9,12H2,1H3,(H,28,29)(H,24,25,26). The number of aromatic carboxylic acids is 1. The average Bonchev–Trinajstić information content (AvgIpc) is 3.36. The number of fused-ring (bicyclic) bond motifs is 2. The second-order valence-electron chi connectivity index (χ2n) is 7.85. The zero-order valence-electron chi connectivity index (χ0n) is 16.7. The maximum atomic E-state index is 11.6. The Labute approximate surface area is 172 Å². The van der Waals surface area contributed by atoms with Crippen LogP contribution in [0.2, 0.25) is 0 Å². The lowest BCUT2D eigenvalue weighted by Gasteiger charge is -2.22. The lowest BCUT2D eigenvalue weighted by Crippen LogP contribution is -2.33. The number of H-pyrrole nitrogens is 1. The fraction of sp³-hybridized carbons (Fsp3) is 0.318. The number of carboxylic acid groups (broad SMARTS) is 1. The van der Waals surface area contributed by atoms with Crippen molar-refractivity contribution in [3.63, 3.8) is 0 Å². The maximum Gasteiger partial charge on any atom is 0.354 e. The Morgan fingerprint density at radius 3 is 3.00 bits per heavy atom. The van der Waals surface area contributed by atoms with Crippen LogP contribution in [-0.2, 0) is 7.05 Å². The van der Waals surface area contributed by atoms with Gasteiger partial charge in [-0.2, -0.15) is 5.10 Å². The van der Waals surface area contributed by atoms with Crippen LogP contribution in [-0.4, -0.2) is 50.5 Å². The number of aryl methyl sites for hydroxylation is 1. The number of pyridine rings is 1. The fourth-order valence-corrected chi connectivity index (χ4v) is 4.22. The van der Waals surface area contributed by atoms with Crippen LogP contribution >= 0.6 is 0 Å².